The Morgan fingerprint density at radius 3 is 2.38 bits per heavy atom. The van der Waals surface area contributed by atoms with Gasteiger partial charge in [-0.3, -0.25) is 0 Å². The van der Waals surface area contributed by atoms with E-state index in [0.717, 1.165) is 17.8 Å². The maximum atomic E-state index is 9.12. The SMILES string of the molecule is OCCCN(Cc1noc(Cc2ccccc2)n1)c1ccccc1. The van der Waals surface area contributed by atoms with Gasteiger partial charge in [-0.25, -0.2) is 0 Å². The van der Waals surface area contributed by atoms with Crippen molar-refractivity contribution in [2.75, 3.05) is 18.1 Å². The average molecular weight is 323 g/mol. The van der Waals surface area contributed by atoms with Gasteiger partial charge in [-0.2, -0.15) is 4.98 Å². The first-order valence-corrected chi connectivity index (χ1v) is 8.11. The van der Waals surface area contributed by atoms with E-state index in [0.29, 0.717) is 31.1 Å². The lowest BCUT2D eigenvalue weighted by atomic mass is 10.1. The second-order valence-corrected chi connectivity index (χ2v) is 5.60. The van der Waals surface area contributed by atoms with Gasteiger partial charge in [0.05, 0.1) is 13.0 Å². The second-order valence-electron chi connectivity index (χ2n) is 5.60. The van der Waals surface area contributed by atoms with Crippen LogP contribution < -0.4 is 4.90 Å². The Bertz CT molecular complexity index is 729. The maximum Gasteiger partial charge on any atom is 0.231 e. The molecular weight excluding hydrogens is 302 g/mol. The minimum Gasteiger partial charge on any atom is -0.396 e. The fourth-order valence-corrected chi connectivity index (χ4v) is 2.57. The summed E-state index contributed by atoms with van der Waals surface area (Å²) in [6.07, 6.45) is 1.33. The number of aliphatic hydroxyl groups excluding tert-OH is 1. The zero-order valence-electron chi connectivity index (χ0n) is 13.5. The summed E-state index contributed by atoms with van der Waals surface area (Å²) in [4.78, 5) is 6.64. The van der Waals surface area contributed by atoms with Crippen LogP contribution in [0, 0.1) is 0 Å². The summed E-state index contributed by atoms with van der Waals surface area (Å²) in [5, 5.41) is 13.2. The highest BCUT2D eigenvalue weighted by atomic mass is 16.5. The molecule has 0 aliphatic rings. The summed E-state index contributed by atoms with van der Waals surface area (Å²) >= 11 is 0. The van der Waals surface area contributed by atoms with E-state index in [-0.39, 0.29) is 6.61 Å². The molecule has 0 atom stereocenters. The molecule has 5 nitrogen and oxygen atoms in total. The lowest BCUT2D eigenvalue weighted by molar-refractivity contribution is 0.289. The van der Waals surface area contributed by atoms with Gasteiger partial charge in [0.2, 0.25) is 5.89 Å². The number of hydrogen-bond acceptors (Lipinski definition) is 5. The topological polar surface area (TPSA) is 62.4 Å². The van der Waals surface area contributed by atoms with E-state index >= 15 is 0 Å². The Kier molecular flexibility index (Phi) is 5.58. The van der Waals surface area contributed by atoms with Crippen molar-refractivity contribution in [3.05, 3.63) is 77.9 Å². The molecule has 3 rings (SSSR count). The fraction of sp³-hybridized carbons (Fsp3) is 0.263. The molecular formula is C19H21N3O2. The number of aliphatic hydroxyl groups is 1. The third kappa shape index (κ3) is 4.43. The van der Waals surface area contributed by atoms with E-state index in [1.807, 2.05) is 60.7 Å². The molecule has 0 aliphatic heterocycles. The van der Waals surface area contributed by atoms with Gasteiger partial charge >= 0.3 is 0 Å². The summed E-state index contributed by atoms with van der Waals surface area (Å²) in [7, 11) is 0. The van der Waals surface area contributed by atoms with Crippen LogP contribution in [0.25, 0.3) is 0 Å². The standard InChI is InChI=1S/C19H21N3O2/c23-13-7-12-22(17-10-5-2-6-11-17)15-18-20-19(24-21-18)14-16-8-3-1-4-9-16/h1-6,8-11,23H,7,12-15H2. The minimum absolute atomic E-state index is 0.162. The number of nitrogens with zero attached hydrogens (tertiary/aromatic N) is 3. The number of aromatic nitrogens is 2. The van der Waals surface area contributed by atoms with Crippen molar-refractivity contribution in [3.8, 4) is 0 Å². The highest BCUT2D eigenvalue weighted by Crippen LogP contribution is 2.16. The van der Waals surface area contributed by atoms with Crippen LogP contribution in [-0.4, -0.2) is 28.4 Å². The molecule has 24 heavy (non-hydrogen) atoms. The normalized spacial score (nSPS) is 10.7. The van der Waals surface area contributed by atoms with Crippen molar-refractivity contribution in [1.82, 2.24) is 10.1 Å². The number of para-hydroxylation sites is 1. The highest BCUT2D eigenvalue weighted by molar-refractivity contribution is 5.45. The lowest BCUT2D eigenvalue weighted by Crippen LogP contribution is -2.25. The van der Waals surface area contributed by atoms with Crippen molar-refractivity contribution in [1.29, 1.82) is 0 Å². The number of benzene rings is 2. The van der Waals surface area contributed by atoms with E-state index < -0.39 is 0 Å². The Hall–Kier alpha value is -2.66. The number of rotatable bonds is 8. The molecule has 0 spiro atoms. The first kappa shape index (κ1) is 16.2. The van der Waals surface area contributed by atoms with Crippen molar-refractivity contribution in [2.24, 2.45) is 0 Å². The predicted molar refractivity (Wildman–Crippen MR) is 92.7 cm³/mol. The van der Waals surface area contributed by atoms with Gasteiger partial charge in [0.1, 0.15) is 0 Å². The lowest BCUT2D eigenvalue weighted by Gasteiger charge is -2.22. The van der Waals surface area contributed by atoms with Crippen LogP contribution in [0.2, 0.25) is 0 Å². The predicted octanol–water partition coefficient (Wildman–Crippen LogP) is 3.05. The van der Waals surface area contributed by atoms with Gasteiger partial charge < -0.3 is 14.5 Å². The molecule has 3 aromatic rings. The van der Waals surface area contributed by atoms with E-state index in [2.05, 4.69) is 15.0 Å². The summed E-state index contributed by atoms with van der Waals surface area (Å²) in [5.74, 6) is 1.27. The smallest absolute Gasteiger partial charge is 0.231 e. The second kappa shape index (κ2) is 8.26. The zero-order valence-corrected chi connectivity index (χ0v) is 13.5. The van der Waals surface area contributed by atoms with Crippen LogP contribution in [-0.2, 0) is 13.0 Å². The fourth-order valence-electron chi connectivity index (χ4n) is 2.57. The highest BCUT2D eigenvalue weighted by Gasteiger charge is 2.12. The molecule has 0 amide bonds. The number of hydrogen-bond donors (Lipinski definition) is 1. The summed E-state index contributed by atoms with van der Waals surface area (Å²) in [5.41, 5.74) is 2.23. The van der Waals surface area contributed by atoms with Crippen molar-refractivity contribution in [3.63, 3.8) is 0 Å². The summed E-state index contributed by atoms with van der Waals surface area (Å²) in [6.45, 7) is 1.46. The van der Waals surface area contributed by atoms with E-state index in [1.54, 1.807) is 0 Å². The van der Waals surface area contributed by atoms with Gasteiger partial charge in [0, 0.05) is 18.8 Å². The monoisotopic (exact) mass is 323 g/mol. The molecule has 1 heterocycles. The Balaban J connectivity index is 1.69. The van der Waals surface area contributed by atoms with Crippen LogP contribution in [0.4, 0.5) is 5.69 Å². The Morgan fingerprint density at radius 1 is 0.958 bits per heavy atom. The quantitative estimate of drug-likeness (QED) is 0.690. The van der Waals surface area contributed by atoms with E-state index in [9.17, 15) is 0 Å². The Morgan fingerprint density at radius 2 is 1.67 bits per heavy atom. The van der Waals surface area contributed by atoms with E-state index in [4.69, 9.17) is 9.63 Å². The molecule has 5 heteroatoms. The molecule has 1 aromatic heterocycles. The third-order valence-electron chi connectivity index (χ3n) is 3.75. The van der Waals surface area contributed by atoms with Gasteiger partial charge in [0.25, 0.3) is 0 Å². The first-order valence-electron chi connectivity index (χ1n) is 8.11. The molecule has 0 saturated carbocycles. The van der Waals surface area contributed by atoms with Gasteiger partial charge in [-0.15, -0.1) is 0 Å². The van der Waals surface area contributed by atoms with Gasteiger partial charge in [0.15, 0.2) is 5.82 Å². The van der Waals surface area contributed by atoms with E-state index in [1.165, 1.54) is 0 Å². The molecule has 0 fully saturated rings. The molecule has 1 N–H and O–H groups in total. The van der Waals surface area contributed by atoms with Crippen molar-refractivity contribution < 1.29 is 9.63 Å². The summed E-state index contributed by atoms with van der Waals surface area (Å²) in [6, 6.07) is 20.1. The Labute approximate surface area is 141 Å². The largest absolute Gasteiger partial charge is 0.396 e. The van der Waals surface area contributed by atoms with Crippen molar-refractivity contribution in [2.45, 2.75) is 19.4 Å². The first-order chi connectivity index (χ1) is 11.8. The van der Waals surface area contributed by atoms with Crippen LogP contribution in [0.3, 0.4) is 0 Å². The molecule has 0 radical (unpaired) electrons. The molecule has 2 aromatic carbocycles. The summed E-state index contributed by atoms with van der Waals surface area (Å²) < 4.78 is 5.37. The molecule has 0 saturated heterocycles. The average Bonchev–Trinajstić information content (AvgIpc) is 3.07. The zero-order chi connectivity index (χ0) is 16.6. The van der Waals surface area contributed by atoms with Crippen LogP contribution in [0.15, 0.2) is 65.2 Å². The van der Waals surface area contributed by atoms with Crippen LogP contribution in [0.1, 0.15) is 23.7 Å². The molecule has 0 unspecified atom stereocenters. The molecule has 0 aliphatic carbocycles. The van der Waals surface area contributed by atoms with Gasteiger partial charge in [-0.05, 0) is 24.1 Å². The van der Waals surface area contributed by atoms with Crippen LogP contribution >= 0.6 is 0 Å². The maximum absolute atomic E-state index is 9.12. The molecule has 0 bridgehead atoms. The minimum atomic E-state index is 0.162. The number of anilines is 1. The third-order valence-corrected chi connectivity index (χ3v) is 3.75. The molecule has 124 valence electrons. The van der Waals surface area contributed by atoms with Crippen LogP contribution in [0.5, 0.6) is 0 Å². The van der Waals surface area contributed by atoms with Gasteiger partial charge in [-0.1, -0.05) is 53.7 Å². The van der Waals surface area contributed by atoms with Crippen molar-refractivity contribution >= 4 is 5.69 Å².